The molecule has 1 aromatic carbocycles. The van der Waals surface area contributed by atoms with Gasteiger partial charge in [-0.15, -0.1) is 0 Å². The van der Waals surface area contributed by atoms with Crippen LogP contribution in [0.4, 0.5) is 0 Å². The minimum absolute atomic E-state index is 0.470. The first kappa shape index (κ1) is 12.0. The average Bonchev–Trinajstić information content (AvgIpc) is 2.57. The number of hydrogen-bond acceptors (Lipinski definition) is 1. The van der Waals surface area contributed by atoms with Gasteiger partial charge in [-0.1, -0.05) is 0 Å². The number of hydrogen-bond donors (Lipinski definition) is 1. The first-order valence-electron chi connectivity index (χ1n) is 5.08. The molecule has 82 valence electrons. The number of rotatable bonds is 2. The van der Waals surface area contributed by atoms with Crippen LogP contribution in [0.25, 0.3) is 5.30 Å². The van der Waals surface area contributed by atoms with E-state index in [4.69, 9.17) is 0 Å². The Morgan fingerprint density at radius 2 is 1.81 bits per heavy atom. The van der Waals surface area contributed by atoms with Gasteiger partial charge < -0.3 is 0 Å². The molecule has 0 saturated heterocycles. The van der Waals surface area contributed by atoms with Crippen molar-refractivity contribution in [3.05, 3.63) is 52.6 Å². The van der Waals surface area contributed by atoms with Crippen LogP contribution in [0.5, 0.6) is 0 Å². The van der Waals surface area contributed by atoms with E-state index in [9.17, 15) is 5.11 Å². The summed E-state index contributed by atoms with van der Waals surface area (Å²) >= 11 is 1.15. The summed E-state index contributed by atoms with van der Waals surface area (Å²) in [6, 6.07) is 10.4. The van der Waals surface area contributed by atoms with E-state index in [-0.39, 0.29) is 0 Å². The van der Waals surface area contributed by atoms with Gasteiger partial charge in [0.2, 0.25) is 0 Å². The normalized spacial score (nSPS) is 11.6. The Morgan fingerprint density at radius 1 is 1.19 bits per heavy atom. The zero-order valence-corrected chi connectivity index (χ0v) is 13.1. The Labute approximate surface area is 108 Å². The van der Waals surface area contributed by atoms with Crippen molar-refractivity contribution in [3.8, 4) is 5.30 Å². The SMILES string of the molecule is Cc1cp(-c2ccccc2)c([C](O)=[W])c1C. The van der Waals surface area contributed by atoms with Crippen LogP contribution in [-0.2, 0) is 19.4 Å². The Morgan fingerprint density at radius 3 is 2.38 bits per heavy atom. The average molecular weight is 400 g/mol. The quantitative estimate of drug-likeness (QED) is 0.816. The molecule has 0 aliphatic heterocycles. The third kappa shape index (κ3) is 2.13. The molecule has 1 nitrogen and oxygen atoms in total. The molecule has 1 N–H and O–H groups in total. The standard InChI is InChI=1S/C13H13OP.W/c1-10-9-15(13(8-14)11(10)2)12-6-4-3-5-7-12;/h3-7,9,14H,1-2H3;. The van der Waals surface area contributed by atoms with Crippen LogP contribution in [0, 0.1) is 13.8 Å². The number of benzene rings is 1. The molecular formula is C13H13OPW. The van der Waals surface area contributed by atoms with Gasteiger partial charge in [0.25, 0.3) is 0 Å². The van der Waals surface area contributed by atoms with Gasteiger partial charge in [0.1, 0.15) is 0 Å². The molecule has 0 saturated carbocycles. The van der Waals surface area contributed by atoms with Crippen LogP contribution in [-0.4, -0.2) is 9.19 Å². The third-order valence-corrected chi connectivity index (χ3v) is 6.61. The van der Waals surface area contributed by atoms with Gasteiger partial charge in [0, 0.05) is 0 Å². The fraction of sp³-hybridized carbons (Fsp3) is 0.154. The molecule has 2 rings (SSSR count). The molecular weight excluding hydrogens is 387 g/mol. The molecule has 1 atom stereocenters. The van der Waals surface area contributed by atoms with Crippen LogP contribution in [0.15, 0.2) is 36.1 Å². The van der Waals surface area contributed by atoms with Crippen LogP contribution in [0.1, 0.15) is 16.4 Å². The number of aliphatic hydroxyl groups excluding tert-OH is 1. The fourth-order valence-corrected chi connectivity index (χ4v) is 5.74. The molecule has 2 aromatic rings. The molecule has 16 heavy (non-hydrogen) atoms. The maximum atomic E-state index is 9.85. The predicted molar refractivity (Wildman–Crippen MR) is 66.0 cm³/mol. The molecule has 1 heterocycles. The summed E-state index contributed by atoms with van der Waals surface area (Å²) < 4.78 is 0.542. The summed E-state index contributed by atoms with van der Waals surface area (Å²) in [5.41, 5.74) is 2.56. The molecule has 3 heteroatoms. The molecule has 0 fully saturated rings. The maximum absolute atomic E-state index is 9.85. The van der Waals surface area contributed by atoms with E-state index in [1.54, 1.807) is 0 Å². The second-order valence-corrected chi connectivity index (χ2v) is 7.15. The Bertz CT molecular complexity index is 528. The van der Waals surface area contributed by atoms with Gasteiger partial charge >= 0.3 is 108 Å². The molecule has 0 radical (unpaired) electrons. The van der Waals surface area contributed by atoms with Crippen molar-refractivity contribution >= 4 is 11.6 Å². The van der Waals surface area contributed by atoms with Crippen molar-refractivity contribution in [2.45, 2.75) is 13.8 Å². The molecule has 0 spiro atoms. The summed E-state index contributed by atoms with van der Waals surface area (Å²) in [7, 11) is -0.470. The monoisotopic (exact) mass is 400 g/mol. The van der Waals surface area contributed by atoms with Crippen LogP contribution in [0.3, 0.4) is 0 Å². The molecule has 1 aromatic heterocycles. The molecule has 1 unspecified atom stereocenters. The number of aliphatic hydroxyl groups is 1. The summed E-state index contributed by atoms with van der Waals surface area (Å²) in [5.74, 6) is 2.30. The van der Waals surface area contributed by atoms with Crippen LogP contribution < -0.4 is 0 Å². The predicted octanol–water partition coefficient (Wildman–Crippen LogP) is 3.68. The van der Waals surface area contributed by atoms with E-state index >= 15 is 0 Å². The topological polar surface area (TPSA) is 20.2 Å². The van der Waals surface area contributed by atoms with Gasteiger partial charge in [-0.2, -0.15) is 0 Å². The molecule has 0 amide bonds. The van der Waals surface area contributed by atoms with E-state index in [0.717, 1.165) is 24.6 Å². The summed E-state index contributed by atoms with van der Waals surface area (Å²) in [5, 5.41) is 12.3. The third-order valence-electron chi connectivity index (χ3n) is 2.75. The summed E-state index contributed by atoms with van der Waals surface area (Å²) in [6.45, 7) is 4.23. The van der Waals surface area contributed by atoms with Gasteiger partial charge in [-0.05, 0) is 0 Å². The minimum atomic E-state index is -0.470. The van der Waals surface area contributed by atoms with E-state index < -0.39 is 7.53 Å². The molecule has 0 aliphatic carbocycles. The second kappa shape index (κ2) is 4.80. The van der Waals surface area contributed by atoms with Gasteiger partial charge in [-0.3, -0.25) is 0 Å². The van der Waals surface area contributed by atoms with Crippen molar-refractivity contribution in [1.82, 2.24) is 0 Å². The summed E-state index contributed by atoms with van der Waals surface area (Å²) in [4.78, 5) is 0. The van der Waals surface area contributed by atoms with Crippen molar-refractivity contribution < 1.29 is 24.5 Å². The summed E-state index contributed by atoms with van der Waals surface area (Å²) in [6.07, 6.45) is 0. The van der Waals surface area contributed by atoms with Crippen molar-refractivity contribution in [2.75, 3.05) is 0 Å². The van der Waals surface area contributed by atoms with Crippen molar-refractivity contribution in [2.24, 2.45) is 0 Å². The first-order chi connectivity index (χ1) is 7.61. The Kier molecular flexibility index (Phi) is 3.59. The fourth-order valence-electron chi connectivity index (χ4n) is 1.78. The van der Waals surface area contributed by atoms with E-state index in [1.165, 1.54) is 16.4 Å². The Balaban J connectivity index is 2.66. The first-order valence-corrected chi connectivity index (χ1v) is 7.96. The van der Waals surface area contributed by atoms with Crippen LogP contribution in [0.2, 0.25) is 0 Å². The van der Waals surface area contributed by atoms with E-state index in [1.807, 2.05) is 6.07 Å². The zero-order valence-electron chi connectivity index (χ0n) is 9.27. The number of aryl methyl sites for hydroxylation is 1. The Hall–Kier alpha value is -0.482. The van der Waals surface area contributed by atoms with Gasteiger partial charge in [0.05, 0.1) is 0 Å². The van der Waals surface area contributed by atoms with Gasteiger partial charge in [0.15, 0.2) is 0 Å². The van der Waals surface area contributed by atoms with E-state index in [2.05, 4.69) is 43.9 Å². The zero-order chi connectivity index (χ0) is 11.7. The second-order valence-electron chi connectivity index (χ2n) is 3.80. The molecule has 0 bridgehead atoms. The van der Waals surface area contributed by atoms with E-state index in [0.29, 0.717) is 4.08 Å². The molecule has 0 aliphatic rings. The van der Waals surface area contributed by atoms with Crippen LogP contribution >= 0.6 is 7.53 Å². The van der Waals surface area contributed by atoms with Crippen molar-refractivity contribution in [1.29, 1.82) is 0 Å². The van der Waals surface area contributed by atoms with Gasteiger partial charge in [-0.25, -0.2) is 0 Å². The van der Waals surface area contributed by atoms with Crippen molar-refractivity contribution in [3.63, 3.8) is 0 Å².